The summed E-state index contributed by atoms with van der Waals surface area (Å²) in [4.78, 5) is 29.3. The Balaban J connectivity index is 1.42. The molecule has 3 heterocycles. The first kappa shape index (κ1) is 16.7. The molecule has 2 aliphatic heterocycles. The van der Waals surface area contributed by atoms with Crippen LogP contribution in [0.5, 0.6) is 0 Å². The van der Waals surface area contributed by atoms with Crippen molar-refractivity contribution in [1.82, 2.24) is 20.3 Å². The SMILES string of the molecule is O=C1CN(c2ncnc(NC3CCCNC3)n2)CCN1c1ccccc1. The van der Waals surface area contributed by atoms with Gasteiger partial charge in [0, 0.05) is 31.4 Å². The Morgan fingerprint density at radius 2 is 2.04 bits per heavy atom. The number of rotatable bonds is 4. The van der Waals surface area contributed by atoms with Gasteiger partial charge in [0.1, 0.15) is 12.9 Å². The molecule has 2 aromatic rings. The Morgan fingerprint density at radius 3 is 2.81 bits per heavy atom. The van der Waals surface area contributed by atoms with Gasteiger partial charge >= 0.3 is 0 Å². The predicted octanol–water partition coefficient (Wildman–Crippen LogP) is 0.889. The van der Waals surface area contributed by atoms with Crippen LogP contribution in [-0.4, -0.2) is 59.6 Å². The molecule has 1 aromatic heterocycles. The zero-order valence-corrected chi connectivity index (χ0v) is 14.6. The Labute approximate surface area is 152 Å². The first-order chi connectivity index (χ1) is 12.8. The number of piperazine rings is 1. The van der Waals surface area contributed by atoms with Gasteiger partial charge in [0.2, 0.25) is 17.8 Å². The number of carbonyl (C=O) groups excluding carboxylic acids is 1. The standard InChI is InChI=1S/C18H23N7O/c26-16-12-24(9-10-25(16)15-6-2-1-3-7-15)18-21-13-20-17(23-18)22-14-5-4-8-19-11-14/h1-3,6-7,13-14,19H,4-5,8-12H2,(H,20,21,22,23). The average Bonchev–Trinajstić information content (AvgIpc) is 2.69. The van der Waals surface area contributed by atoms with Crippen LogP contribution in [0.15, 0.2) is 36.7 Å². The number of hydrogen-bond donors (Lipinski definition) is 2. The van der Waals surface area contributed by atoms with Crippen molar-refractivity contribution in [2.24, 2.45) is 0 Å². The quantitative estimate of drug-likeness (QED) is 0.844. The third kappa shape index (κ3) is 3.75. The van der Waals surface area contributed by atoms with Crippen molar-refractivity contribution in [2.45, 2.75) is 18.9 Å². The molecule has 2 saturated heterocycles. The van der Waals surface area contributed by atoms with E-state index in [4.69, 9.17) is 0 Å². The van der Waals surface area contributed by atoms with Crippen LogP contribution < -0.4 is 20.4 Å². The van der Waals surface area contributed by atoms with Crippen molar-refractivity contribution < 1.29 is 4.79 Å². The number of hydrogen-bond acceptors (Lipinski definition) is 7. The van der Waals surface area contributed by atoms with E-state index in [2.05, 4.69) is 25.6 Å². The number of piperidine rings is 1. The monoisotopic (exact) mass is 353 g/mol. The first-order valence-electron chi connectivity index (χ1n) is 9.06. The Kier molecular flexibility index (Phi) is 4.92. The van der Waals surface area contributed by atoms with E-state index in [-0.39, 0.29) is 12.5 Å². The van der Waals surface area contributed by atoms with Crippen LogP contribution in [0.25, 0.3) is 0 Å². The van der Waals surface area contributed by atoms with Gasteiger partial charge in [-0.15, -0.1) is 0 Å². The van der Waals surface area contributed by atoms with Gasteiger partial charge in [-0.25, -0.2) is 9.97 Å². The summed E-state index contributed by atoms with van der Waals surface area (Å²) in [5, 5.41) is 6.72. The molecule has 1 aromatic carbocycles. The van der Waals surface area contributed by atoms with Crippen molar-refractivity contribution >= 4 is 23.5 Å². The molecule has 0 saturated carbocycles. The van der Waals surface area contributed by atoms with Crippen LogP contribution in [0.2, 0.25) is 0 Å². The van der Waals surface area contributed by atoms with Crippen LogP contribution in [-0.2, 0) is 4.79 Å². The molecule has 0 bridgehead atoms. The molecular formula is C18H23N7O. The molecule has 8 nitrogen and oxygen atoms in total. The van der Waals surface area contributed by atoms with Crippen molar-refractivity contribution in [3.8, 4) is 0 Å². The molecule has 0 spiro atoms. The van der Waals surface area contributed by atoms with Gasteiger partial charge in [-0.05, 0) is 31.5 Å². The molecular weight excluding hydrogens is 330 g/mol. The number of nitrogens with zero attached hydrogens (tertiary/aromatic N) is 5. The van der Waals surface area contributed by atoms with Crippen LogP contribution in [0.3, 0.4) is 0 Å². The second-order valence-electron chi connectivity index (χ2n) is 6.60. The molecule has 2 aliphatic rings. The van der Waals surface area contributed by atoms with Crippen LogP contribution in [0.1, 0.15) is 12.8 Å². The molecule has 1 unspecified atom stereocenters. The van der Waals surface area contributed by atoms with E-state index in [1.54, 1.807) is 0 Å². The van der Waals surface area contributed by atoms with Gasteiger partial charge in [-0.3, -0.25) is 4.79 Å². The maximum atomic E-state index is 12.6. The van der Waals surface area contributed by atoms with Crippen LogP contribution >= 0.6 is 0 Å². The lowest BCUT2D eigenvalue weighted by molar-refractivity contribution is -0.117. The zero-order chi connectivity index (χ0) is 17.8. The summed E-state index contributed by atoms with van der Waals surface area (Å²) < 4.78 is 0. The molecule has 1 atom stereocenters. The maximum Gasteiger partial charge on any atom is 0.246 e. The lowest BCUT2D eigenvalue weighted by Gasteiger charge is -2.34. The predicted molar refractivity (Wildman–Crippen MR) is 100 cm³/mol. The number of benzene rings is 1. The van der Waals surface area contributed by atoms with Crippen LogP contribution in [0, 0.1) is 0 Å². The summed E-state index contributed by atoms with van der Waals surface area (Å²) >= 11 is 0. The molecule has 0 radical (unpaired) electrons. The van der Waals surface area contributed by atoms with Crippen molar-refractivity contribution in [1.29, 1.82) is 0 Å². The fourth-order valence-electron chi connectivity index (χ4n) is 3.39. The van der Waals surface area contributed by atoms with Crippen molar-refractivity contribution in [2.75, 3.05) is 47.8 Å². The highest BCUT2D eigenvalue weighted by Crippen LogP contribution is 2.19. The number of anilines is 3. The molecule has 26 heavy (non-hydrogen) atoms. The van der Waals surface area contributed by atoms with E-state index < -0.39 is 0 Å². The van der Waals surface area contributed by atoms with Gasteiger partial charge in [-0.2, -0.15) is 4.98 Å². The third-order valence-electron chi connectivity index (χ3n) is 4.76. The molecule has 1 amide bonds. The highest BCUT2D eigenvalue weighted by atomic mass is 16.2. The summed E-state index contributed by atoms with van der Waals surface area (Å²) in [6.07, 6.45) is 3.75. The Hall–Kier alpha value is -2.74. The Bertz CT molecular complexity index is 748. The number of carbonyl (C=O) groups is 1. The van der Waals surface area contributed by atoms with E-state index in [0.717, 1.165) is 31.6 Å². The van der Waals surface area contributed by atoms with Crippen molar-refractivity contribution in [3.63, 3.8) is 0 Å². The molecule has 2 N–H and O–H groups in total. The van der Waals surface area contributed by atoms with Gasteiger partial charge < -0.3 is 20.4 Å². The fourth-order valence-corrected chi connectivity index (χ4v) is 3.39. The topological polar surface area (TPSA) is 86.3 Å². The average molecular weight is 353 g/mol. The number of nitrogens with one attached hydrogen (secondary N) is 2. The molecule has 8 heteroatoms. The van der Waals surface area contributed by atoms with E-state index in [1.807, 2.05) is 40.1 Å². The second-order valence-corrected chi connectivity index (χ2v) is 6.60. The van der Waals surface area contributed by atoms with E-state index >= 15 is 0 Å². The molecule has 4 rings (SSSR count). The maximum absolute atomic E-state index is 12.6. The third-order valence-corrected chi connectivity index (χ3v) is 4.76. The number of para-hydroxylation sites is 1. The van der Waals surface area contributed by atoms with Crippen LogP contribution in [0.4, 0.5) is 17.6 Å². The summed E-state index contributed by atoms with van der Waals surface area (Å²) in [5.74, 6) is 1.17. The highest BCUT2D eigenvalue weighted by molar-refractivity contribution is 5.97. The summed E-state index contributed by atoms with van der Waals surface area (Å²) in [5.41, 5.74) is 0.931. The minimum Gasteiger partial charge on any atom is -0.350 e. The highest BCUT2D eigenvalue weighted by Gasteiger charge is 2.27. The van der Waals surface area contributed by atoms with E-state index in [9.17, 15) is 4.79 Å². The fraction of sp³-hybridized carbons (Fsp3) is 0.444. The lowest BCUT2D eigenvalue weighted by Crippen LogP contribution is -2.51. The first-order valence-corrected chi connectivity index (χ1v) is 9.06. The van der Waals surface area contributed by atoms with E-state index in [1.165, 1.54) is 6.33 Å². The van der Waals surface area contributed by atoms with Gasteiger partial charge in [-0.1, -0.05) is 18.2 Å². The number of amides is 1. The minimum atomic E-state index is 0.0499. The Morgan fingerprint density at radius 1 is 1.15 bits per heavy atom. The lowest BCUT2D eigenvalue weighted by atomic mass is 10.1. The second kappa shape index (κ2) is 7.65. The molecule has 2 fully saturated rings. The smallest absolute Gasteiger partial charge is 0.246 e. The molecule has 0 aliphatic carbocycles. The summed E-state index contributed by atoms with van der Waals surface area (Å²) in [6, 6.07) is 10.1. The van der Waals surface area contributed by atoms with Gasteiger partial charge in [0.05, 0.1) is 0 Å². The van der Waals surface area contributed by atoms with Crippen molar-refractivity contribution in [3.05, 3.63) is 36.7 Å². The van der Waals surface area contributed by atoms with Gasteiger partial charge in [0.25, 0.3) is 0 Å². The summed E-state index contributed by atoms with van der Waals surface area (Å²) in [6.45, 7) is 3.55. The van der Waals surface area contributed by atoms with E-state index in [0.29, 0.717) is 31.0 Å². The summed E-state index contributed by atoms with van der Waals surface area (Å²) in [7, 11) is 0. The minimum absolute atomic E-state index is 0.0499. The normalized spacial score (nSPS) is 20.9. The van der Waals surface area contributed by atoms with Gasteiger partial charge in [0.15, 0.2) is 0 Å². The number of aromatic nitrogens is 3. The molecule has 136 valence electrons. The largest absolute Gasteiger partial charge is 0.350 e. The zero-order valence-electron chi connectivity index (χ0n) is 14.6.